The molecule has 0 atom stereocenters. The number of rotatable bonds is 8. The lowest BCUT2D eigenvalue weighted by molar-refractivity contribution is -0.149. The predicted molar refractivity (Wildman–Crippen MR) is 111 cm³/mol. The maximum Gasteiger partial charge on any atom is 0.344 e. The Morgan fingerprint density at radius 2 is 1.82 bits per heavy atom. The fraction of sp³-hybridized carbons (Fsp3) is 0.391. The van der Waals surface area contributed by atoms with Crippen molar-refractivity contribution in [3.63, 3.8) is 0 Å². The molecule has 1 amide bonds. The molecule has 0 heterocycles. The molecule has 0 radical (unpaired) electrons. The van der Waals surface area contributed by atoms with E-state index in [1.54, 1.807) is 0 Å². The summed E-state index contributed by atoms with van der Waals surface area (Å²) in [5.41, 5.74) is 4.88. The average Bonchev–Trinajstić information content (AvgIpc) is 2.66. The monoisotopic (exact) mass is 383 g/mol. The summed E-state index contributed by atoms with van der Waals surface area (Å²) >= 11 is 0. The summed E-state index contributed by atoms with van der Waals surface area (Å²) in [5, 5.41) is 2.83. The first kappa shape index (κ1) is 21.5. The highest BCUT2D eigenvalue weighted by Gasteiger charge is 2.14. The number of aryl methyl sites for hydroxylation is 3. The van der Waals surface area contributed by atoms with E-state index in [0.717, 1.165) is 34.4 Å². The number of anilines is 1. The molecule has 0 aliphatic carbocycles. The van der Waals surface area contributed by atoms with Crippen molar-refractivity contribution in [3.8, 4) is 5.75 Å². The van der Waals surface area contributed by atoms with Crippen molar-refractivity contribution in [1.29, 1.82) is 0 Å². The molecule has 0 aliphatic heterocycles. The van der Waals surface area contributed by atoms with Crippen molar-refractivity contribution in [1.82, 2.24) is 0 Å². The smallest absolute Gasteiger partial charge is 0.344 e. The number of esters is 1. The van der Waals surface area contributed by atoms with Crippen molar-refractivity contribution >= 4 is 17.6 Å². The highest BCUT2D eigenvalue weighted by Crippen LogP contribution is 2.27. The van der Waals surface area contributed by atoms with Gasteiger partial charge in [-0.15, -0.1) is 0 Å². The Labute approximate surface area is 167 Å². The Hall–Kier alpha value is -2.82. The second-order valence-corrected chi connectivity index (χ2v) is 7.16. The van der Waals surface area contributed by atoms with Gasteiger partial charge < -0.3 is 14.8 Å². The number of ether oxygens (including phenoxy) is 2. The number of para-hydroxylation sites is 1. The molecule has 150 valence electrons. The van der Waals surface area contributed by atoms with Crippen LogP contribution in [0.1, 0.15) is 48.9 Å². The van der Waals surface area contributed by atoms with Crippen LogP contribution in [0.2, 0.25) is 0 Å². The molecule has 0 fully saturated rings. The second kappa shape index (κ2) is 9.93. The fourth-order valence-electron chi connectivity index (χ4n) is 2.95. The lowest BCUT2D eigenvalue weighted by Crippen LogP contribution is -2.24. The summed E-state index contributed by atoms with van der Waals surface area (Å²) in [6.07, 6.45) is 0.805. The number of hydrogen-bond donors (Lipinski definition) is 1. The van der Waals surface area contributed by atoms with E-state index < -0.39 is 5.97 Å². The zero-order valence-electron chi connectivity index (χ0n) is 17.3. The van der Waals surface area contributed by atoms with Gasteiger partial charge in [0.25, 0.3) is 5.91 Å². The lowest BCUT2D eigenvalue weighted by atomic mass is 10.0. The number of carbonyl (C=O) groups excluding carboxylic acids is 2. The number of amides is 1. The SMILES string of the molecule is CCc1cccc(C)c1NC(=O)COC(=O)COc1cc(C)ccc1C(C)C. The van der Waals surface area contributed by atoms with Crippen molar-refractivity contribution in [3.05, 3.63) is 58.7 Å². The second-order valence-electron chi connectivity index (χ2n) is 7.16. The highest BCUT2D eigenvalue weighted by molar-refractivity contribution is 5.94. The summed E-state index contributed by atoms with van der Waals surface area (Å²) in [6, 6.07) is 11.8. The van der Waals surface area contributed by atoms with Crippen LogP contribution in [0.3, 0.4) is 0 Å². The van der Waals surface area contributed by atoms with E-state index in [-0.39, 0.29) is 25.0 Å². The number of benzene rings is 2. The van der Waals surface area contributed by atoms with Gasteiger partial charge in [-0.2, -0.15) is 0 Å². The zero-order valence-corrected chi connectivity index (χ0v) is 17.3. The minimum absolute atomic E-state index is 0.235. The third kappa shape index (κ3) is 5.84. The number of carbonyl (C=O) groups is 2. The zero-order chi connectivity index (χ0) is 20.7. The van der Waals surface area contributed by atoms with Crippen LogP contribution in [0.15, 0.2) is 36.4 Å². The molecule has 0 saturated carbocycles. The standard InChI is InChI=1S/C23H29NO4/c1-6-18-9-7-8-17(5)23(18)24-21(25)13-28-22(26)14-27-20-12-16(4)10-11-19(20)15(2)3/h7-12,15H,6,13-14H2,1-5H3,(H,24,25). The van der Waals surface area contributed by atoms with Crippen LogP contribution >= 0.6 is 0 Å². The van der Waals surface area contributed by atoms with Gasteiger partial charge in [-0.3, -0.25) is 4.79 Å². The van der Waals surface area contributed by atoms with E-state index in [1.165, 1.54) is 0 Å². The molecule has 0 unspecified atom stereocenters. The summed E-state index contributed by atoms with van der Waals surface area (Å²) < 4.78 is 10.7. The van der Waals surface area contributed by atoms with Crippen LogP contribution in [0.25, 0.3) is 0 Å². The van der Waals surface area contributed by atoms with Gasteiger partial charge in [-0.05, 0) is 54.5 Å². The minimum atomic E-state index is -0.577. The van der Waals surface area contributed by atoms with Gasteiger partial charge in [-0.1, -0.05) is 51.1 Å². The first-order valence-electron chi connectivity index (χ1n) is 9.59. The van der Waals surface area contributed by atoms with Gasteiger partial charge >= 0.3 is 5.97 Å². The van der Waals surface area contributed by atoms with Crippen LogP contribution in [-0.4, -0.2) is 25.1 Å². The topological polar surface area (TPSA) is 64.6 Å². The van der Waals surface area contributed by atoms with Gasteiger partial charge in [-0.25, -0.2) is 4.79 Å². The molecule has 28 heavy (non-hydrogen) atoms. The molecule has 0 bridgehead atoms. The molecule has 0 aromatic heterocycles. The quantitative estimate of drug-likeness (QED) is 0.679. The number of nitrogens with one attached hydrogen (secondary N) is 1. The lowest BCUT2D eigenvalue weighted by Gasteiger charge is -2.15. The summed E-state index contributed by atoms with van der Waals surface area (Å²) in [4.78, 5) is 24.2. The molecular formula is C23H29NO4. The van der Waals surface area contributed by atoms with Crippen LogP contribution < -0.4 is 10.1 Å². The molecule has 0 saturated heterocycles. The number of hydrogen-bond acceptors (Lipinski definition) is 4. The van der Waals surface area contributed by atoms with Crippen molar-refractivity contribution in [2.45, 2.75) is 47.0 Å². The third-order valence-electron chi connectivity index (χ3n) is 4.51. The van der Waals surface area contributed by atoms with Gasteiger partial charge in [0.05, 0.1) is 0 Å². The Bertz CT molecular complexity index is 842. The van der Waals surface area contributed by atoms with Crippen molar-refractivity contribution in [2.24, 2.45) is 0 Å². The highest BCUT2D eigenvalue weighted by atomic mass is 16.6. The molecule has 2 rings (SSSR count). The average molecular weight is 383 g/mol. The maximum atomic E-state index is 12.2. The van der Waals surface area contributed by atoms with E-state index in [0.29, 0.717) is 5.75 Å². The molecule has 0 spiro atoms. The van der Waals surface area contributed by atoms with Gasteiger partial charge in [0.1, 0.15) is 5.75 Å². The van der Waals surface area contributed by atoms with Crippen molar-refractivity contribution in [2.75, 3.05) is 18.5 Å². The first-order valence-corrected chi connectivity index (χ1v) is 9.59. The van der Waals surface area contributed by atoms with E-state index in [2.05, 4.69) is 19.2 Å². The largest absolute Gasteiger partial charge is 0.482 e. The Morgan fingerprint density at radius 1 is 1.07 bits per heavy atom. The summed E-state index contributed by atoms with van der Waals surface area (Å²) in [7, 11) is 0. The van der Waals surface area contributed by atoms with E-state index >= 15 is 0 Å². The van der Waals surface area contributed by atoms with Crippen LogP contribution in [0.5, 0.6) is 5.75 Å². The molecule has 0 aliphatic rings. The fourth-order valence-corrected chi connectivity index (χ4v) is 2.95. The van der Waals surface area contributed by atoms with Gasteiger partial charge in [0, 0.05) is 5.69 Å². The molecular weight excluding hydrogens is 354 g/mol. The normalized spacial score (nSPS) is 10.6. The third-order valence-corrected chi connectivity index (χ3v) is 4.51. The molecule has 5 nitrogen and oxygen atoms in total. The maximum absolute atomic E-state index is 12.2. The first-order chi connectivity index (χ1) is 13.3. The molecule has 2 aromatic rings. The van der Waals surface area contributed by atoms with Crippen LogP contribution in [0.4, 0.5) is 5.69 Å². The summed E-state index contributed by atoms with van der Waals surface area (Å²) in [6.45, 7) is 9.48. The van der Waals surface area contributed by atoms with E-state index in [9.17, 15) is 9.59 Å². The van der Waals surface area contributed by atoms with Gasteiger partial charge in [0.2, 0.25) is 0 Å². The van der Waals surface area contributed by atoms with Crippen LogP contribution in [-0.2, 0) is 20.7 Å². The van der Waals surface area contributed by atoms with Gasteiger partial charge in [0.15, 0.2) is 13.2 Å². The molecule has 2 aromatic carbocycles. The van der Waals surface area contributed by atoms with E-state index in [4.69, 9.17) is 9.47 Å². The molecule has 5 heteroatoms. The minimum Gasteiger partial charge on any atom is -0.482 e. The van der Waals surface area contributed by atoms with E-state index in [1.807, 2.05) is 57.2 Å². The molecule has 1 N–H and O–H groups in total. The summed E-state index contributed by atoms with van der Waals surface area (Å²) in [5.74, 6) is 0.00538. The van der Waals surface area contributed by atoms with Crippen molar-refractivity contribution < 1.29 is 19.1 Å². The van der Waals surface area contributed by atoms with Crippen LogP contribution in [0, 0.1) is 13.8 Å². The Morgan fingerprint density at radius 3 is 2.50 bits per heavy atom. The Kier molecular flexibility index (Phi) is 7.61. The predicted octanol–water partition coefficient (Wildman–Crippen LogP) is 4.55. The Balaban J connectivity index is 1.88.